The van der Waals surface area contributed by atoms with Crippen molar-refractivity contribution in [2.45, 2.75) is 6.54 Å². The molecule has 0 radical (unpaired) electrons. The molecule has 0 bridgehead atoms. The van der Waals surface area contributed by atoms with Crippen molar-refractivity contribution < 1.29 is 23.5 Å². The van der Waals surface area contributed by atoms with Crippen LogP contribution in [0.5, 0.6) is 11.5 Å². The Morgan fingerprint density at radius 3 is 2.27 bits per heavy atom. The van der Waals surface area contributed by atoms with Gasteiger partial charge in [-0.2, -0.15) is 5.10 Å². The molecule has 2 N–H and O–H groups in total. The van der Waals surface area contributed by atoms with Gasteiger partial charge in [-0.3, -0.25) is 9.59 Å². The summed E-state index contributed by atoms with van der Waals surface area (Å²) in [6.07, 6.45) is 3.05. The molecule has 30 heavy (non-hydrogen) atoms. The van der Waals surface area contributed by atoms with Gasteiger partial charge in [0.25, 0.3) is 11.8 Å². The Hall–Kier alpha value is -4.07. The average Bonchev–Trinajstić information content (AvgIpc) is 3.30. The maximum Gasteiger partial charge on any atom is 0.277 e. The fourth-order valence-corrected chi connectivity index (χ4v) is 2.33. The molecule has 0 unspecified atom stereocenters. The number of carbonyl (C=O) groups is 2. The fourth-order valence-electron chi connectivity index (χ4n) is 2.33. The Kier molecular flexibility index (Phi) is 7.62. The van der Waals surface area contributed by atoms with E-state index in [1.165, 1.54) is 6.21 Å². The van der Waals surface area contributed by atoms with Gasteiger partial charge in [0.1, 0.15) is 17.3 Å². The molecule has 2 aromatic carbocycles. The number of rotatable bonds is 10. The lowest BCUT2D eigenvalue weighted by Gasteiger charge is -2.07. The number of ether oxygens (including phenoxy) is 2. The molecule has 0 fully saturated rings. The number of nitrogens with one attached hydrogen (secondary N) is 2. The van der Waals surface area contributed by atoms with Crippen LogP contribution in [0.15, 0.2) is 82.5 Å². The molecular formula is C22H21N3O5. The topological polar surface area (TPSA) is 102 Å². The molecule has 154 valence electrons. The highest BCUT2D eigenvalue weighted by Gasteiger charge is 2.04. The van der Waals surface area contributed by atoms with E-state index in [0.717, 1.165) is 5.56 Å². The second kappa shape index (κ2) is 11.1. The van der Waals surface area contributed by atoms with E-state index in [1.807, 2.05) is 18.2 Å². The van der Waals surface area contributed by atoms with E-state index < -0.39 is 0 Å². The van der Waals surface area contributed by atoms with Crippen molar-refractivity contribution in [3.05, 3.63) is 84.3 Å². The van der Waals surface area contributed by atoms with E-state index in [4.69, 9.17) is 13.9 Å². The van der Waals surface area contributed by atoms with E-state index >= 15 is 0 Å². The molecule has 8 heteroatoms. The molecule has 0 aliphatic carbocycles. The van der Waals surface area contributed by atoms with Gasteiger partial charge in [-0.15, -0.1) is 0 Å². The van der Waals surface area contributed by atoms with E-state index in [-0.39, 0.29) is 25.0 Å². The molecule has 0 spiro atoms. The van der Waals surface area contributed by atoms with Gasteiger partial charge in [-0.25, -0.2) is 5.43 Å². The molecule has 0 aliphatic heterocycles. The minimum atomic E-state index is -0.365. The summed E-state index contributed by atoms with van der Waals surface area (Å²) in [5.41, 5.74) is 3.15. The number of amides is 2. The third-order valence-electron chi connectivity index (χ3n) is 3.81. The molecule has 1 aromatic heterocycles. The zero-order chi connectivity index (χ0) is 21.0. The van der Waals surface area contributed by atoms with Crippen LogP contribution in [0.2, 0.25) is 0 Å². The number of hydrogen-bond donors (Lipinski definition) is 2. The lowest BCUT2D eigenvalue weighted by atomic mass is 10.2. The van der Waals surface area contributed by atoms with Crippen molar-refractivity contribution in [2.24, 2.45) is 5.10 Å². The van der Waals surface area contributed by atoms with Gasteiger partial charge in [-0.1, -0.05) is 18.2 Å². The summed E-state index contributed by atoms with van der Waals surface area (Å²) in [7, 11) is 0. The molecule has 0 aliphatic rings. The van der Waals surface area contributed by atoms with Crippen molar-refractivity contribution in [3.63, 3.8) is 0 Å². The molecule has 8 nitrogen and oxygen atoms in total. The van der Waals surface area contributed by atoms with Crippen LogP contribution >= 0.6 is 0 Å². The second-order valence-corrected chi connectivity index (χ2v) is 6.11. The van der Waals surface area contributed by atoms with Crippen LogP contribution in [-0.2, 0) is 16.1 Å². The fraction of sp³-hybridized carbons (Fsp3) is 0.136. The third-order valence-corrected chi connectivity index (χ3v) is 3.81. The predicted octanol–water partition coefficient (Wildman–Crippen LogP) is 2.50. The highest BCUT2D eigenvalue weighted by molar-refractivity contribution is 5.83. The van der Waals surface area contributed by atoms with Crippen LogP contribution in [0, 0.1) is 0 Å². The monoisotopic (exact) mass is 407 g/mol. The molecule has 3 rings (SSSR count). The Bertz CT molecular complexity index is 954. The highest BCUT2D eigenvalue weighted by atomic mass is 16.5. The molecule has 2 amide bonds. The Morgan fingerprint density at radius 2 is 1.57 bits per heavy atom. The molecule has 0 saturated carbocycles. The zero-order valence-electron chi connectivity index (χ0n) is 16.1. The van der Waals surface area contributed by atoms with Crippen molar-refractivity contribution in [1.29, 1.82) is 0 Å². The second-order valence-electron chi connectivity index (χ2n) is 6.11. The minimum Gasteiger partial charge on any atom is -0.484 e. The number of hydrazone groups is 1. The van der Waals surface area contributed by atoms with E-state index in [2.05, 4.69) is 15.8 Å². The number of benzene rings is 2. The number of nitrogens with zero attached hydrogens (tertiary/aromatic N) is 1. The summed E-state index contributed by atoms with van der Waals surface area (Å²) in [5.74, 6) is 1.21. The number of furan rings is 1. The van der Waals surface area contributed by atoms with Gasteiger partial charge >= 0.3 is 0 Å². The van der Waals surface area contributed by atoms with Gasteiger partial charge in [0, 0.05) is 0 Å². The van der Waals surface area contributed by atoms with Gasteiger partial charge < -0.3 is 19.2 Å². The standard InChI is InChI=1S/C22H21N3O5/c26-21(23-14-20-7-4-12-28-20)15-29-19-10-8-17(9-11-19)13-24-25-22(27)16-30-18-5-2-1-3-6-18/h1-13H,14-16H2,(H,23,26)(H,25,27)/b24-13+. The van der Waals surface area contributed by atoms with Crippen molar-refractivity contribution >= 4 is 18.0 Å². The molecular weight excluding hydrogens is 386 g/mol. The average molecular weight is 407 g/mol. The largest absolute Gasteiger partial charge is 0.484 e. The molecule has 0 saturated heterocycles. The van der Waals surface area contributed by atoms with E-state index in [1.54, 1.807) is 54.8 Å². The molecule has 1 heterocycles. The first-order valence-corrected chi connectivity index (χ1v) is 9.21. The first kappa shape index (κ1) is 20.7. The van der Waals surface area contributed by atoms with Crippen molar-refractivity contribution in [3.8, 4) is 11.5 Å². The summed E-state index contributed by atoms with van der Waals surface area (Å²) < 4.78 is 15.9. The highest BCUT2D eigenvalue weighted by Crippen LogP contribution is 2.11. The Labute approximate surface area is 173 Å². The quantitative estimate of drug-likeness (QED) is 0.397. The van der Waals surface area contributed by atoms with Crippen LogP contribution in [0.3, 0.4) is 0 Å². The van der Waals surface area contributed by atoms with Gasteiger partial charge in [0.05, 0.1) is 19.0 Å². The Balaban J connectivity index is 1.35. The first-order chi connectivity index (χ1) is 14.7. The summed E-state index contributed by atoms with van der Waals surface area (Å²) >= 11 is 0. The van der Waals surface area contributed by atoms with Gasteiger partial charge in [0.2, 0.25) is 0 Å². The number of carbonyl (C=O) groups excluding carboxylic acids is 2. The lowest BCUT2D eigenvalue weighted by Crippen LogP contribution is -2.28. The van der Waals surface area contributed by atoms with Gasteiger partial charge in [0.15, 0.2) is 13.2 Å². The van der Waals surface area contributed by atoms with E-state index in [0.29, 0.717) is 23.8 Å². The molecule has 3 aromatic rings. The Morgan fingerprint density at radius 1 is 0.867 bits per heavy atom. The molecule has 0 atom stereocenters. The van der Waals surface area contributed by atoms with Crippen LogP contribution in [0.25, 0.3) is 0 Å². The summed E-state index contributed by atoms with van der Waals surface area (Å²) in [6, 6.07) is 19.5. The maximum absolute atomic E-state index is 11.8. The SMILES string of the molecule is O=C(COc1ccc(/C=N/NC(=O)COc2ccccc2)cc1)NCc1ccco1. The predicted molar refractivity (Wildman–Crippen MR) is 110 cm³/mol. The summed E-state index contributed by atoms with van der Waals surface area (Å²) in [6.45, 7) is 0.0778. The van der Waals surface area contributed by atoms with Crippen molar-refractivity contribution in [1.82, 2.24) is 10.7 Å². The number of hydrogen-bond acceptors (Lipinski definition) is 6. The van der Waals surface area contributed by atoms with E-state index in [9.17, 15) is 9.59 Å². The summed E-state index contributed by atoms with van der Waals surface area (Å²) in [5, 5.41) is 6.58. The van der Waals surface area contributed by atoms with Crippen LogP contribution in [0.4, 0.5) is 0 Å². The van der Waals surface area contributed by atoms with Crippen LogP contribution in [0.1, 0.15) is 11.3 Å². The normalized spacial score (nSPS) is 10.5. The maximum atomic E-state index is 11.8. The van der Waals surface area contributed by atoms with Crippen molar-refractivity contribution in [2.75, 3.05) is 13.2 Å². The van der Waals surface area contributed by atoms with Gasteiger partial charge in [-0.05, 0) is 54.1 Å². The number of para-hydroxylation sites is 1. The summed E-state index contributed by atoms with van der Waals surface area (Å²) in [4.78, 5) is 23.5. The first-order valence-electron chi connectivity index (χ1n) is 9.21. The van der Waals surface area contributed by atoms with Crippen LogP contribution in [-0.4, -0.2) is 31.2 Å². The smallest absolute Gasteiger partial charge is 0.277 e. The zero-order valence-corrected chi connectivity index (χ0v) is 16.1. The third kappa shape index (κ3) is 7.16. The minimum absolute atomic E-state index is 0.106. The van der Waals surface area contributed by atoms with Crippen LogP contribution < -0.4 is 20.2 Å². The lowest BCUT2D eigenvalue weighted by molar-refractivity contribution is -0.123.